The van der Waals surface area contributed by atoms with Crippen LogP contribution in [0.25, 0.3) is 0 Å². The molecule has 3 N–H and O–H groups in total. The maximum Gasteiger partial charge on any atom is 0.315 e. The smallest absolute Gasteiger partial charge is 0.315 e. The van der Waals surface area contributed by atoms with Gasteiger partial charge in [-0.05, 0) is 42.2 Å². The minimum Gasteiger partial charge on any atom is -0.352 e. The SMILES string of the molecule is CCNC(=O)c1cccc(CNC(=O)NCc2cccc(CN3CCCC3=O)c2)c1. The van der Waals surface area contributed by atoms with Gasteiger partial charge in [0.1, 0.15) is 0 Å². The third-order valence-electron chi connectivity index (χ3n) is 4.97. The predicted octanol–water partition coefficient (Wildman–Crippen LogP) is 2.56. The van der Waals surface area contributed by atoms with Gasteiger partial charge >= 0.3 is 6.03 Å². The Kier molecular flexibility index (Phi) is 7.43. The van der Waals surface area contributed by atoms with Gasteiger partial charge in [-0.15, -0.1) is 0 Å². The van der Waals surface area contributed by atoms with Crippen molar-refractivity contribution in [3.8, 4) is 0 Å². The molecule has 0 spiro atoms. The van der Waals surface area contributed by atoms with E-state index in [1.165, 1.54) is 0 Å². The lowest BCUT2D eigenvalue weighted by atomic mass is 10.1. The Balaban J connectivity index is 1.47. The summed E-state index contributed by atoms with van der Waals surface area (Å²) in [5.74, 6) is 0.0773. The molecule has 1 fully saturated rings. The number of nitrogens with zero attached hydrogens (tertiary/aromatic N) is 1. The molecule has 3 rings (SSSR count). The zero-order chi connectivity index (χ0) is 21.3. The molecule has 7 heteroatoms. The molecule has 0 aliphatic carbocycles. The minimum absolute atomic E-state index is 0.126. The van der Waals surface area contributed by atoms with Crippen LogP contribution >= 0.6 is 0 Å². The topological polar surface area (TPSA) is 90.5 Å². The van der Waals surface area contributed by atoms with E-state index in [2.05, 4.69) is 16.0 Å². The summed E-state index contributed by atoms with van der Waals surface area (Å²) in [4.78, 5) is 37.7. The molecule has 0 aromatic heterocycles. The number of likely N-dealkylation sites (tertiary alicyclic amines) is 1. The number of amides is 4. The molecule has 0 bridgehead atoms. The molecule has 1 heterocycles. The van der Waals surface area contributed by atoms with Crippen LogP contribution in [0.2, 0.25) is 0 Å². The van der Waals surface area contributed by atoms with Gasteiger partial charge < -0.3 is 20.9 Å². The molecule has 1 aliphatic rings. The van der Waals surface area contributed by atoms with E-state index < -0.39 is 0 Å². The zero-order valence-electron chi connectivity index (χ0n) is 17.2. The number of carbonyl (C=O) groups is 3. The molecule has 0 atom stereocenters. The summed E-state index contributed by atoms with van der Waals surface area (Å²) in [6.07, 6.45) is 1.56. The minimum atomic E-state index is -0.279. The predicted molar refractivity (Wildman–Crippen MR) is 115 cm³/mol. The Morgan fingerprint density at radius 3 is 2.27 bits per heavy atom. The summed E-state index contributed by atoms with van der Waals surface area (Å²) in [6.45, 7) is 4.59. The number of nitrogens with one attached hydrogen (secondary N) is 3. The van der Waals surface area contributed by atoms with Crippen molar-refractivity contribution in [2.45, 2.75) is 39.4 Å². The summed E-state index contributed by atoms with van der Waals surface area (Å²) in [5, 5.41) is 8.42. The zero-order valence-corrected chi connectivity index (χ0v) is 17.2. The van der Waals surface area contributed by atoms with Crippen LogP contribution in [0, 0.1) is 0 Å². The second-order valence-corrected chi connectivity index (χ2v) is 7.33. The molecule has 1 saturated heterocycles. The maximum absolute atomic E-state index is 12.2. The van der Waals surface area contributed by atoms with Crippen LogP contribution < -0.4 is 16.0 Å². The Hall–Kier alpha value is -3.35. The van der Waals surface area contributed by atoms with Crippen LogP contribution in [0.3, 0.4) is 0 Å². The molecule has 7 nitrogen and oxygen atoms in total. The van der Waals surface area contributed by atoms with Crippen molar-refractivity contribution in [3.05, 3.63) is 70.8 Å². The summed E-state index contributed by atoms with van der Waals surface area (Å²) in [6, 6.07) is 14.8. The Morgan fingerprint density at radius 1 is 0.933 bits per heavy atom. The summed E-state index contributed by atoms with van der Waals surface area (Å²) in [7, 11) is 0. The summed E-state index contributed by atoms with van der Waals surface area (Å²) >= 11 is 0. The first-order chi connectivity index (χ1) is 14.5. The average molecular weight is 409 g/mol. The van der Waals surface area contributed by atoms with E-state index in [0.29, 0.717) is 38.2 Å². The number of urea groups is 1. The molecular weight excluding hydrogens is 380 g/mol. The van der Waals surface area contributed by atoms with Crippen LogP contribution in [0.5, 0.6) is 0 Å². The lowest BCUT2D eigenvalue weighted by Gasteiger charge is -2.16. The number of hydrogen-bond donors (Lipinski definition) is 3. The fourth-order valence-electron chi connectivity index (χ4n) is 3.44. The molecular formula is C23H28N4O3. The lowest BCUT2D eigenvalue weighted by molar-refractivity contribution is -0.128. The van der Waals surface area contributed by atoms with E-state index in [-0.39, 0.29) is 17.8 Å². The van der Waals surface area contributed by atoms with Crippen LogP contribution in [-0.4, -0.2) is 35.8 Å². The van der Waals surface area contributed by atoms with E-state index in [1.54, 1.807) is 18.2 Å². The van der Waals surface area contributed by atoms with Crippen molar-refractivity contribution < 1.29 is 14.4 Å². The third-order valence-corrected chi connectivity index (χ3v) is 4.97. The molecule has 2 aromatic rings. The van der Waals surface area contributed by atoms with Crippen molar-refractivity contribution in [2.75, 3.05) is 13.1 Å². The Labute approximate surface area is 176 Å². The highest BCUT2D eigenvalue weighted by Gasteiger charge is 2.19. The van der Waals surface area contributed by atoms with Gasteiger partial charge in [-0.3, -0.25) is 9.59 Å². The Bertz CT molecular complexity index is 913. The van der Waals surface area contributed by atoms with Crippen LogP contribution in [0.15, 0.2) is 48.5 Å². The van der Waals surface area contributed by atoms with Gasteiger partial charge in [0.2, 0.25) is 5.91 Å². The standard InChI is InChI=1S/C23H28N4O3/c1-2-24-22(29)20-9-4-7-18(13-20)15-26-23(30)25-14-17-6-3-8-19(12-17)16-27-11-5-10-21(27)28/h3-4,6-9,12-13H,2,5,10-11,14-16H2,1H3,(H,24,29)(H2,25,26,30). The first-order valence-electron chi connectivity index (χ1n) is 10.3. The van der Waals surface area contributed by atoms with Gasteiger partial charge in [-0.2, -0.15) is 0 Å². The molecule has 0 radical (unpaired) electrons. The van der Waals surface area contributed by atoms with E-state index >= 15 is 0 Å². The van der Waals surface area contributed by atoms with E-state index in [4.69, 9.17) is 0 Å². The van der Waals surface area contributed by atoms with Crippen molar-refractivity contribution in [1.82, 2.24) is 20.9 Å². The van der Waals surface area contributed by atoms with E-state index in [0.717, 1.165) is 29.7 Å². The third kappa shape index (κ3) is 6.07. The molecule has 30 heavy (non-hydrogen) atoms. The summed E-state index contributed by atoms with van der Waals surface area (Å²) < 4.78 is 0. The van der Waals surface area contributed by atoms with Crippen molar-refractivity contribution in [3.63, 3.8) is 0 Å². The summed E-state index contributed by atoms with van der Waals surface area (Å²) in [5.41, 5.74) is 3.47. The van der Waals surface area contributed by atoms with Gasteiger partial charge in [0, 0.05) is 44.7 Å². The quantitative estimate of drug-likeness (QED) is 0.627. The monoisotopic (exact) mass is 408 g/mol. The van der Waals surface area contributed by atoms with E-state index in [1.807, 2.05) is 42.2 Å². The first kappa shape index (κ1) is 21.4. The second kappa shape index (κ2) is 10.4. The number of carbonyl (C=O) groups excluding carboxylic acids is 3. The highest BCUT2D eigenvalue weighted by molar-refractivity contribution is 5.94. The lowest BCUT2D eigenvalue weighted by Crippen LogP contribution is -2.34. The van der Waals surface area contributed by atoms with Gasteiger partial charge in [-0.25, -0.2) is 4.79 Å². The normalized spacial score (nSPS) is 13.2. The first-order valence-corrected chi connectivity index (χ1v) is 10.3. The van der Waals surface area contributed by atoms with Gasteiger partial charge in [0.25, 0.3) is 5.91 Å². The van der Waals surface area contributed by atoms with Gasteiger partial charge in [0.15, 0.2) is 0 Å². The number of rotatable bonds is 8. The van der Waals surface area contributed by atoms with E-state index in [9.17, 15) is 14.4 Å². The highest BCUT2D eigenvalue weighted by Crippen LogP contribution is 2.15. The molecule has 4 amide bonds. The molecule has 2 aromatic carbocycles. The largest absolute Gasteiger partial charge is 0.352 e. The fraction of sp³-hybridized carbons (Fsp3) is 0.348. The second-order valence-electron chi connectivity index (χ2n) is 7.33. The fourth-order valence-corrected chi connectivity index (χ4v) is 3.44. The van der Waals surface area contributed by atoms with Gasteiger partial charge in [0.05, 0.1) is 0 Å². The molecule has 0 unspecified atom stereocenters. The molecule has 1 aliphatic heterocycles. The highest BCUT2D eigenvalue weighted by atomic mass is 16.2. The van der Waals surface area contributed by atoms with Crippen LogP contribution in [-0.2, 0) is 24.4 Å². The van der Waals surface area contributed by atoms with Crippen LogP contribution in [0.1, 0.15) is 46.8 Å². The molecule has 0 saturated carbocycles. The van der Waals surface area contributed by atoms with Crippen molar-refractivity contribution >= 4 is 17.8 Å². The maximum atomic E-state index is 12.2. The van der Waals surface area contributed by atoms with Crippen LogP contribution in [0.4, 0.5) is 4.79 Å². The van der Waals surface area contributed by atoms with Crippen molar-refractivity contribution in [1.29, 1.82) is 0 Å². The average Bonchev–Trinajstić information content (AvgIpc) is 3.16. The Morgan fingerprint density at radius 2 is 1.60 bits per heavy atom. The molecule has 158 valence electrons. The number of benzene rings is 2. The van der Waals surface area contributed by atoms with Gasteiger partial charge in [-0.1, -0.05) is 36.4 Å². The number of hydrogen-bond acceptors (Lipinski definition) is 3. The van der Waals surface area contributed by atoms with Crippen molar-refractivity contribution in [2.24, 2.45) is 0 Å².